The van der Waals surface area contributed by atoms with E-state index in [9.17, 15) is 4.39 Å². The van der Waals surface area contributed by atoms with Gasteiger partial charge >= 0.3 is 0 Å². The SMILES string of the molecule is CCCNC(Cc1c(F)cccc1Cl)c1cnc(C)s1. The highest BCUT2D eigenvalue weighted by molar-refractivity contribution is 7.11. The third-order valence-electron chi connectivity index (χ3n) is 3.09. The summed E-state index contributed by atoms with van der Waals surface area (Å²) in [6.07, 6.45) is 3.43. The minimum atomic E-state index is -0.248. The number of thiazole rings is 1. The summed E-state index contributed by atoms with van der Waals surface area (Å²) in [5.41, 5.74) is 0.564. The van der Waals surface area contributed by atoms with Crippen molar-refractivity contribution >= 4 is 22.9 Å². The average molecular weight is 313 g/mol. The Morgan fingerprint density at radius 1 is 1.45 bits per heavy atom. The summed E-state index contributed by atoms with van der Waals surface area (Å²) in [6, 6.07) is 4.87. The van der Waals surface area contributed by atoms with Crippen molar-refractivity contribution in [1.29, 1.82) is 0 Å². The first kappa shape index (κ1) is 15.4. The van der Waals surface area contributed by atoms with Gasteiger partial charge in [-0.1, -0.05) is 24.6 Å². The van der Waals surface area contributed by atoms with Crippen molar-refractivity contribution in [2.75, 3.05) is 6.54 Å². The van der Waals surface area contributed by atoms with Crippen LogP contribution < -0.4 is 5.32 Å². The van der Waals surface area contributed by atoms with E-state index in [1.807, 2.05) is 13.1 Å². The molecule has 0 radical (unpaired) electrons. The van der Waals surface area contributed by atoms with Crippen LogP contribution in [-0.4, -0.2) is 11.5 Å². The molecule has 1 heterocycles. The number of benzene rings is 1. The molecule has 2 aromatic rings. The Kier molecular flexibility index (Phi) is 5.52. The highest BCUT2D eigenvalue weighted by Gasteiger charge is 2.18. The molecule has 0 bridgehead atoms. The number of aryl methyl sites for hydroxylation is 1. The molecule has 1 aromatic carbocycles. The molecule has 1 atom stereocenters. The molecule has 0 saturated heterocycles. The van der Waals surface area contributed by atoms with Crippen molar-refractivity contribution in [2.45, 2.75) is 32.7 Å². The van der Waals surface area contributed by atoms with Gasteiger partial charge in [0, 0.05) is 27.7 Å². The maximum atomic E-state index is 13.9. The van der Waals surface area contributed by atoms with Crippen LogP contribution in [0.15, 0.2) is 24.4 Å². The lowest BCUT2D eigenvalue weighted by Crippen LogP contribution is -2.23. The molecule has 1 N–H and O–H groups in total. The Bertz CT molecular complexity index is 551. The van der Waals surface area contributed by atoms with E-state index in [2.05, 4.69) is 17.2 Å². The molecule has 1 aromatic heterocycles. The van der Waals surface area contributed by atoms with Gasteiger partial charge in [0.15, 0.2) is 0 Å². The predicted molar refractivity (Wildman–Crippen MR) is 83.0 cm³/mol. The number of nitrogens with one attached hydrogen (secondary N) is 1. The fraction of sp³-hybridized carbons (Fsp3) is 0.400. The minimum absolute atomic E-state index is 0.0514. The Balaban J connectivity index is 2.23. The molecular formula is C15H18ClFN2S. The standard InChI is InChI=1S/C15H18ClFN2S/c1-3-7-18-14(15-9-19-10(2)20-15)8-11-12(16)5-4-6-13(11)17/h4-6,9,14,18H,3,7-8H2,1-2H3. The van der Waals surface area contributed by atoms with Crippen LogP contribution in [0.25, 0.3) is 0 Å². The quantitative estimate of drug-likeness (QED) is 0.848. The summed E-state index contributed by atoms with van der Waals surface area (Å²) in [4.78, 5) is 5.40. The first-order valence-corrected chi connectivity index (χ1v) is 7.89. The normalized spacial score (nSPS) is 12.6. The summed E-state index contributed by atoms with van der Waals surface area (Å²) in [5, 5.41) is 4.94. The van der Waals surface area contributed by atoms with Crippen LogP contribution in [-0.2, 0) is 6.42 Å². The van der Waals surface area contributed by atoms with Crippen LogP contribution in [0.4, 0.5) is 4.39 Å². The average Bonchev–Trinajstić information content (AvgIpc) is 2.84. The van der Waals surface area contributed by atoms with Crippen LogP contribution in [0.1, 0.15) is 34.8 Å². The molecule has 2 rings (SSSR count). The number of halogens is 2. The van der Waals surface area contributed by atoms with E-state index in [1.165, 1.54) is 6.07 Å². The Labute approximate surface area is 128 Å². The molecule has 0 aliphatic heterocycles. The maximum absolute atomic E-state index is 13.9. The van der Waals surface area contributed by atoms with E-state index in [4.69, 9.17) is 11.6 Å². The van der Waals surface area contributed by atoms with Crippen molar-refractivity contribution in [1.82, 2.24) is 10.3 Å². The molecule has 2 nitrogen and oxygen atoms in total. The lowest BCUT2D eigenvalue weighted by Gasteiger charge is -2.18. The van der Waals surface area contributed by atoms with E-state index in [0.717, 1.165) is 22.9 Å². The van der Waals surface area contributed by atoms with Crippen molar-refractivity contribution in [3.05, 3.63) is 50.7 Å². The van der Waals surface area contributed by atoms with Gasteiger partial charge in [0.1, 0.15) is 5.82 Å². The summed E-state index contributed by atoms with van der Waals surface area (Å²) in [6.45, 7) is 4.97. The van der Waals surface area contributed by atoms with Crippen LogP contribution >= 0.6 is 22.9 Å². The predicted octanol–water partition coefficient (Wildman–Crippen LogP) is 4.53. The number of nitrogens with zero attached hydrogens (tertiary/aromatic N) is 1. The molecule has 0 fully saturated rings. The molecule has 1 unspecified atom stereocenters. The monoisotopic (exact) mass is 312 g/mol. The summed E-state index contributed by atoms with van der Waals surface area (Å²) >= 11 is 7.76. The topological polar surface area (TPSA) is 24.9 Å². The first-order chi connectivity index (χ1) is 9.61. The highest BCUT2D eigenvalue weighted by Crippen LogP contribution is 2.28. The van der Waals surface area contributed by atoms with Gasteiger partial charge in [-0.2, -0.15) is 0 Å². The molecule has 0 aliphatic rings. The van der Waals surface area contributed by atoms with Gasteiger partial charge in [0.05, 0.1) is 5.01 Å². The molecule has 0 amide bonds. The summed E-state index contributed by atoms with van der Waals surface area (Å²) in [5.74, 6) is -0.248. The largest absolute Gasteiger partial charge is 0.309 e. The molecule has 5 heteroatoms. The van der Waals surface area contributed by atoms with E-state index in [-0.39, 0.29) is 11.9 Å². The van der Waals surface area contributed by atoms with Crippen molar-refractivity contribution in [3.63, 3.8) is 0 Å². The lowest BCUT2D eigenvalue weighted by molar-refractivity contribution is 0.518. The Morgan fingerprint density at radius 3 is 2.85 bits per heavy atom. The zero-order valence-electron chi connectivity index (χ0n) is 11.6. The van der Waals surface area contributed by atoms with Crippen LogP contribution in [0.2, 0.25) is 5.02 Å². The minimum Gasteiger partial charge on any atom is -0.309 e. The van der Waals surface area contributed by atoms with Crippen molar-refractivity contribution < 1.29 is 4.39 Å². The number of hydrogen-bond acceptors (Lipinski definition) is 3. The lowest BCUT2D eigenvalue weighted by atomic mass is 10.0. The number of aromatic nitrogens is 1. The molecule has 20 heavy (non-hydrogen) atoms. The van der Waals surface area contributed by atoms with Gasteiger partial charge in [-0.15, -0.1) is 11.3 Å². The third kappa shape index (κ3) is 3.78. The van der Waals surface area contributed by atoms with Gasteiger partial charge < -0.3 is 5.32 Å². The van der Waals surface area contributed by atoms with Gasteiger partial charge in [-0.25, -0.2) is 9.37 Å². The molecule has 108 valence electrons. The molecule has 0 spiro atoms. The maximum Gasteiger partial charge on any atom is 0.127 e. The van der Waals surface area contributed by atoms with Crippen LogP contribution in [0, 0.1) is 12.7 Å². The second-order valence-electron chi connectivity index (χ2n) is 4.69. The van der Waals surface area contributed by atoms with Gasteiger partial charge in [-0.3, -0.25) is 0 Å². The first-order valence-electron chi connectivity index (χ1n) is 6.70. The van der Waals surface area contributed by atoms with Crippen molar-refractivity contribution in [2.24, 2.45) is 0 Å². The fourth-order valence-electron chi connectivity index (χ4n) is 2.06. The van der Waals surface area contributed by atoms with Crippen molar-refractivity contribution in [3.8, 4) is 0 Å². The van der Waals surface area contributed by atoms with E-state index in [0.29, 0.717) is 17.0 Å². The van der Waals surface area contributed by atoms with E-state index >= 15 is 0 Å². The van der Waals surface area contributed by atoms with Gasteiger partial charge in [-0.05, 0) is 38.4 Å². The van der Waals surface area contributed by atoms with Gasteiger partial charge in [0.25, 0.3) is 0 Å². The summed E-state index contributed by atoms with van der Waals surface area (Å²) in [7, 11) is 0. The van der Waals surface area contributed by atoms with Gasteiger partial charge in [0.2, 0.25) is 0 Å². The second-order valence-corrected chi connectivity index (χ2v) is 6.37. The Morgan fingerprint density at radius 2 is 2.25 bits per heavy atom. The zero-order valence-corrected chi connectivity index (χ0v) is 13.2. The second kappa shape index (κ2) is 7.16. The smallest absolute Gasteiger partial charge is 0.127 e. The third-order valence-corrected chi connectivity index (χ3v) is 4.47. The van der Waals surface area contributed by atoms with Crippen LogP contribution in [0.5, 0.6) is 0 Å². The number of hydrogen-bond donors (Lipinski definition) is 1. The Hall–Kier alpha value is -0.970. The summed E-state index contributed by atoms with van der Waals surface area (Å²) < 4.78 is 13.9. The number of rotatable bonds is 6. The zero-order chi connectivity index (χ0) is 14.5. The van der Waals surface area contributed by atoms with E-state index < -0.39 is 0 Å². The molecule has 0 saturated carbocycles. The van der Waals surface area contributed by atoms with E-state index in [1.54, 1.807) is 23.5 Å². The molecule has 0 aliphatic carbocycles. The molecular weight excluding hydrogens is 295 g/mol. The highest BCUT2D eigenvalue weighted by atomic mass is 35.5. The van der Waals surface area contributed by atoms with Crippen LogP contribution in [0.3, 0.4) is 0 Å². The fourth-order valence-corrected chi connectivity index (χ4v) is 3.16.